The minimum absolute atomic E-state index is 0.228. The molecule has 0 atom stereocenters. The summed E-state index contributed by atoms with van der Waals surface area (Å²) < 4.78 is 16.2. The molecule has 6 heteroatoms. The number of anilines is 1. The molecule has 0 bridgehead atoms. The maximum atomic E-state index is 12.4. The summed E-state index contributed by atoms with van der Waals surface area (Å²) in [7, 11) is 4.72. The fourth-order valence-corrected chi connectivity index (χ4v) is 3.19. The van der Waals surface area contributed by atoms with Gasteiger partial charge in [-0.1, -0.05) is 54.1 Å². The van der Waals surface area contributed by atoms with Gasteiger partial charge in [-0.05, 0) is 53.1 Å². The van der Waals surface area contributed by atoms with E-state index in [1.165, 1.54) is 6.08 Å². The number of hydrogen-bond donors (Lipinski definition) is 1. The molecule has 0 aromatic heterocycles. The van der Waals surface area contributed by atoms with Gasteiger partial charge >= 0.3 is 0 Å². The van der Waals surface area contributed by atoms with E-state index in [0.29, 0.717) is 28.0 Å². The maximum Gasteiger partial charge on any atom is 0.248 e. The summed E-state index contributed by atoms with van der Waals surface area (Å²) in [5.74, 6) is 1.45. The van der Waals surface area contributed by atoms with E-state index in [2.05, 4.69) is 5.32 Å². The largest absolute Gasteiger partial charge is 0.493 e. The lowest BCUT2D eigenvalue weighted by Gasteiger charge is -2.13. The number of para-hydroxylation sites is 1. The number of halogens is 1. The maximum absolute atomic E-state index is 12.4. The molecule has 0 unspecified atom stereocenters. The number of nitrogens with one attached hydrogen (secondary N) is 1. The Morgan fingerprint density at radius 2 is 1.47 bits per heavy atom. The van der Waals surface area contributed by atoms with Crippen LogP contribution in [-0.4, -0.2) is 27.2 Å². The van der Waals surface area contributed by atoms with Crippen LogP contribution in [0.1, 0.15) is 16.7 Å². The summed E-state index contributed by atoms with van der Waals surface area (Å²) in [6.45, 7) is 0. The summed E-state index contributed by atoms with van der Waals surface area (Å²) in [5.41, 5.74) is 3.31. The zero-order valence-corrected chi connectivity index (χ0v) is 18.8. The van der Waals surface area contributed by atoms with Gasteiger partial charge in [0.25, 0.3) is 0 Å². The molecule has 3 rings (SSSR count). The first-order valence-electron chi connectivity index (χ1n) is 9.86. The third-order valence-corrected chi connectivity index (χ3v) is 4.91. The fraction of sp³-hybridized carbons (Fsp3) is 0.115. The van der Waals surface area contributed by atoms with E-state index in [1.54, 1.807) is 39.5 Å². The van der Waals surface area contributed by atoms with Crippen LogP contribution < -0.4 is 19.5 Å². The molecule has 0 aliphatic carbocycles. The van der Waals surface area contributed by atoms with Crippen molar-refractivity contribution in [1.29, 1.82) is 0 Å². The number of rotatable bonds is 8. The highest BCUT2D eigenvalue weighted by Crippen LogP contribution is 2.38. The first kappa shape index (κ1) is 23.0. The molecule has 0 saturated heterocycles. The molecule has 1 amide bonds. The Kier molecular flexibility index (Phi) is 7.95. The summed E-state index contributed by atoms with van der Waals surface area (Å²) in [4.78, 5) is 12.4. The van der Waals surface area contributed by atoms with Crippen molar-refractivity contribution < 1.29 is 19.0 Å². The highest BCUT2D eigenvalue weighted by Gasteiger charge is 2.12. The van der Waals surface area contributed by atoms with Crippen molar-refractivity contribution >= 4 is 41.4 Å². The quantitative estimate of drug-likeness (QED) is 0.329. The van der Waals surface area contributed by atoms with Crippen LogP contribution in [0, 0.1) is 0 Å². The summed E-state index contributed by atoms with van der Waals surface area (Å²) in [5, 5.41) is 3.57. The molecule has 5 nitrogen and oxygen atoms in total. The first-order valence-corrected chi connectivity index (χ1v) is 10.2. The van der Waals surface area contributed by atoms with Gasteiger partial charge in [0, 0.05) is 16.8 Å². The van der Waals surface area contributed by atoms with Crippen molar-refractivity contribution in [2.24, 2.45) is 0 Å². The Hall–Kier alpha value is -3.70. The lowest BCUT2D eigenvalue weighted by molar-refractivity contribution is -0.111. The van der Waals surface area contributed by atoms with Gasteiger partial charge in [0.2, 0.25) is 11.7 Å². The normalized spacial score (nSPS) is 11.0. The van der Waals surface area contributed by atoms with Gasteiger partial charge in [-0.15, -0.1) is 0 Å². The Labute approximate surface area is 192 Å². The second-order valence-electron chi connectivity index (χ2n) is 6.75. The van der Waals surface area contributed by atoms with E-state index < -0.39 is 0 Å². The Balaban J connectivity index is 1.79. The van der Waals surface area contributed by atoms with Gasteiger partial charge in [-0.25, -0.2) is 0 Å². The monoisotopic (exact) mass is 449 g/mol. The standard InChI is InChI=1S/C26H24ClNO4/c1-30-23-16-19(17-24(31-2)26(23)32-3)8-12-20-6-4-5-7-22(20)28-25(29)15-11-18-9-13-21(27)14-10-18/h4-17H,1-3H3,(H,28,29)/b12-8+,15-11+. The molecule has 0 saturated carbocycles. The molecule has 0 aliphatic rings. The molecule has 0 aliphatic heterocycles. The van der Waals surface area contributed by atoms with Gasteiger partial charge in [-0.3, -0.25) is 4.79 Å². The summed E-state index contributed by atoms with van der Waals surface area (Å²) >= 11 is 5.89. The fourth-order valence-electron chi connectivity index (χ4n) is 3.06. The van der Waals surface area contributed by atoms with E-state index in [0.717, 1.165) is 16.7 Å². The van der Waals surface area contributed by atoms with Gasteiger partial charge in [0.05, 0.1) is 21.3 Å². The zero-order valence-electron chi connectivity index (χ0n) is 18.1. The lowest BCUT2D eigenvalue weighted by Crippen LogP contribution is -2.08. The van der Waals surface area contributed by atoms with Crippen LogP contribution in [-0.2, 0) is 4.79 Å². The third kappa shape index (κ3) is 5.93. The molecular weight excluding hydrogens is 426 g/mol. The van der Waals surface area contributed by atoms with E-state index >= 15 is 0 Å². The minimum Gasteiger partial charge on any atom is -0.493 e. The van der Waals surface area contributed by atoms with Gasteiger partial charge < -0.3 is 19.5 Å². The highest BCUT2D eigenvalue weighted by molar-refractivity contribution is 6.30. The zero-order chi connectivity index (χ0) is 22.9. The molecule has 1 N–H and O–H groups in total. The van der Waals surface area contributed by atoms with Crippen molar-refractivity contribution in [2.45, 2.75) is 0 Å². The van der Waals surface area contributed by atoms with Crippen LogP contribution in [0.15, 0.2) is 66.7 Å². The molecule has 0 fully saturated rings. The van der Waals surface area contributed by atoms with E-state index in [-0.39, 0.29) is 5.91 Å². The SMILES string of the molecule is COc1cc(/C=C/c2ccccc2NC(=O)/C=C/c2ccc(Cl)cc2)cc(OC)c1OC. The predicted molar refractivity (Wildman–Crippen MR) is 131 cm³/mol. The Bertz CT molecular complexity index is 1110. The Morgan fingerprint density at radius 3 is 2.09 bits per heavy atom. The number of carbonyl (C=O) groups excluding carboxylic acids is 1. The van der Waals surface area contributed by atoms with Crippen LogP contribution in [0.25, 0.3) is 18.2 Å². The number of amides is 1. The van der Waals surface area contributed by atoms with E-state index in [9.17, 15) is 4.79 Å². The van der Waals surface area contributed by atoms with E-state index in [1.807, 2.05) is 60.7 Å². The van der Waals surface area contributed by atoms with Crippen LogP contribution >= 0.6 is 11.6 Å². The molecule has 164 valence electrons. The van der Waals surface area contributed by atoms with Crippen molar-refractivity contribution in [3.05, 3.63) is 88.5 Å². The molecule has 3 aromatic carbocycles. The lowest BCUT2D eigenvalue weighted by atomic mass is 10.1. The number of benzene rings is 3. The molecule has 0 spiro atoms. The van der Waals surface area contributed by atoms with Crippen molar-refractivity contribution in [3.8, 4) is 17.2 Å². The smallest absolute Gasteiger partial charge is 0.248 e. The van der Waals surface area contributed by atoms with Crippen molar-refractivity contribution in [2.75, 3.05) is 26.6 Å². The number of hydrogen-bond acceptors (Lipinski definition) is 4. The molecule has 0 heterocycles. The van der Waals surface area contributed by atoms with Crippen LogP contribution in [0.2, 0.25) is 5.02 Å². The molecule has 0 radical (unpaired) electrons. The first-order chi connectivity index (χ1) is 15.5. The highest BCUT2D eigenvalue weighted by atomic mass is 35.5. The number of methoxy groups -OCH3 is 3. The second-order valence-corrected chi connectivity index (χ2v) is 7.19. The van der Waals surface area contributed by atoms with Gasteiger partial charge in [0.1, 0.15) is 0 Å². The number of ether oxygens (including phenoxy) is 3. The molecule has 3 aromatic rings. The summed E-state index contributed by atoms with van der Waals surface area (Å²) in [6.07, 6.45) is 7.06. The second kappa shape index (κ2) is 11.1. The minimum atomic E-state index is -0.228. The van der Waals surface area contributed by atoms with Gasteiger partial charge in [0.15, 0.2) is 11.5 Å². The van der Waals surface area contributed by atoms with Crippen molar-refractivity contribution in [1.82, 2.24) is 0 Å². The van der Waals surface area contributed by atoms with Crippen LogP contribution in [0.3, 0.4) is 0 Å². The van der Waals surface area contributed by atoms with Crippen molar-refractivity contribution in [3.63, 3.8) is 0 Å². The van der Waals surface area contributed by atoms with E-state index in [4.69, 9.17) is 25.8 Å². The topological polar surface area (TPSA) is 56.8 Å². The van der Waals surface area contributed by atoms with Gasteiger partial charge in [-0.2, -0.15) is 0 Å². The average Bonchev–Trinajstić information content (AvgIpc) is 2.82. The van der Waals surface area contributed by atoms with Crippen LogP contribution in [0.4, 0.5) is 5.69 Å². The average molecular weight is 450 g/mol. The van der Waals surface area contributed by atoms with Crippen LogP contribution in [0.5, 0.6) is 17.2 Å². The number of carbonyl (C=O) groups is 1. The molecular formula is C26H24ClNO4. The summed E-state index contributed by atoms with van der Waals surface area (Å²) in [6, 6.07) is 18.5. The molecule has 32 heavy (non-hydrogen) atoms. The predicted octanol–water partition coefficient (Wildman–Crippen LogP) is 6.19. The third-order valence-electron chi connectivity index (χ3n) is 4.66. The Morgan fingerprint density at radius 1 is 0.812 bits per heavy atom.